The first kappa shape index (κ1) is 17.8. The maximum atomic E-state index is 12.4. The van der Waals surface area contributed by atoms with Gasteiger partial charge in [-0.1, -0.05) is 50.9 Å². The lowest BCUT2D eigenvalue weighted by Crippen LogP contribution is -2.44. The molecule has 4 heteroatoms. The van der Waals surface area contributed by atoms with Gasteiger partial charge in [0.2, 0.25) is 0 Å². The lowest BCUT2D eigenvalue weighted by molar-refractivity contribution is -0.129. The van der Waals surface area contributed by atoms with Crippen LogP contribution in [0.2, 0.25) is 0 Å². The molecule has 116 valence electrons. The first-order chi connectivity index (χ1) is 8.89. The number of allylic oxidation sites excluding steroid dienone is 2. The maximum Gasteiger partial charge on any atom is 0.260 e. The summed E-state index contributed by atoms with van der Waals surface area (Å²) in [5, 5.41) is 0. The van der Waals surface area contributed by atoms with Crippen molar-refractivity contribution in [2.24, 2.45) is 10.8 Å². The molecule has 0 aromatic carbocycles. The lowest BCUT2D eigenvalue weighted by Gasteiger charge is -2.46. The topological polar surface area (TPSA) is 20.3 Å². The zero-order valence-electron chi connectivity index (χ0n) is 13.7. The average Bonchev–Trinajstić information content (AvgIpc) is 2.22. The highest BCUT2D eigenvalue weighted by atomic mass is 35.5. The van der Waals surface area contributed by atoms with Gasteiger partial charge in [-0.25, -0.2) is 0 Å². The van der Waals surface area contributed by atoms with Crippen molar-refractivity contribution in [1.82, 2.24) is 4.90 Å². The number of hydrogen-bond acceptors (Lipinski definition) is 1. The number of nitrogens with zero attached hydrogens (tertiary/aromatic N) is 1. The first-order valence-corrected chi connectivity index (χ1v) is 8.08. The summed E-state index contributed by atoms with van der Waals surface area (Å²) in [5.74, 6) is -0.216. The Kier molecular flexibility index (Phi) is 5.25. The van der Waals surface area contributed by atoms with Crippen LogP contribution in [0.3, 0.4) is 0 Å². The fourth-order valence-corrected chi connectivity index (χ4v) is 3.65. The molecule has 1 amide bonds. The van der Waals surface area contributed by atoms with Crippen molar-refractivity contribution in [1.29, 1.82) is 0 Å². The van der Waals surface area contributed by atoms with Gasteiger partial charge in [-0.2, -0.15) is 0 Å². The monoisotopic (exact) mass is 319 g/mol. The van der Waals surface area contributed by atoms with Crippen molar-refractivity contribution in [2.75, 3.05) is 0 Å². The predicted molar refractivity (Wildman–Crippen MR) is 87.0 cm³/mol. The van der Waals surface area contributed by atoms with Gasteiger partial charge >= 0.3 is 0 Å². The summed E-state index contributed by atoms with van der Waals surface area (Å²) in [5.41, 5.74) is 2.61. The average molecular weight is 320 g/mol. The van der Waals surface area contributed by atoms with Crippen molar-refractivity contribution < 1.29 is 4.79 Å². The fourth-order valence-electron chi connectivity index (χ4n) is 3.44. The van der Waals surface area contributed by atoms with E-state index < -0.39 is 4.84 Å². The second-order valence-corrected chi connectivity index (χ2v) is 8.67. The van der Waals surface area contributed by atoms with Crippen LogP contribution in [0.15, 0.2) is 11.3 Å². The van der Waals surface area contributed by atoms with Crippen LogP contribution >= 0.6 is 23.2 Å². The van der Waals surface area contributed by atoms with Gasteiger partial charge < -0.3 is 4.90 Å². The van der Waals surface area contributed by atoms with E-state index in [-0.39, 0.29) is 22.8 Å². The van der Waals surface area contributed by atoms with E-state index >= 15 is 0 Å². The third-order valence-corrected chi connectivity index (χ3v) is 4.62. The van der Waals surface area contributed by atoms with Crippen LogP contribution in [-0.4, -0.2) is 21.7 Å². The van der Waals surface area contributed by atoms with Gasteiger partial charge in [-0.15, -0.1) is 0 Å². The summed E-state index contributed by atoms with van der Waals surface area (Å²) in [4.78, 5) is 13.2. The molecule has 0 spiro atoms. The summed E-state index contributed by atoms with van der Waals surface area (Å²) >= 11 is 11.7. The zero-order valence-corrected chi connectivity index (χ0v) is 15.2. The van der Waals surface area contributed by atoms with Gasteiger partial charge in [-0.3, -0.25) is 4.79 Å². The molecule has 0 aromatic rings. The number of amides is 1. The third-order valence-electron chi connectivity index (χ3n) is 4.25. The summed E-state index contributed by atoms with van der Waals surface area (Å²) < 4.78 is 0. The molecule has 1 aliphatic rings. The van der Waals surface area contributed by atoms with Crippen molar-refractivity contribution in [3.63, 3.8) is 0 Å². The van der Waals surface area contributed by atoms with Crippen LogP contribution in [0.1, 0.15) is 61.3 Å². The number of carbonyl (C=O) groups excluding carboxylic acids is 1. The Morgan fingerprint density at radius 2 is 1.70 bits per heavy atom. The number of halogens is 2. The Morgan fingerprint density at radius 3 is 2.10 bits per heavy atom. The van der Waals surface area contributed by atoms with Crippen molar-refractivity contribution in [3.8, 4) is 0 Å². The lowest BCUT2D eigenvalue weighted by atomic mass is 9.64. The Hall–Kier alpha value is -0.210. The van der Waals surface area contributed by atoms with Gasteiger partial charge in [0.25, 0.3) is 5.91 Å². The largest absolute Gasteiger partial charge is 0.311 e. The molecule has 0 radical (unpaired) electrons. The molecule has 0 heterocycles. The maximum absolute atomic E-state index is 12.4. The second kappa shape index (κ2) is 5.88. The van der Waals surface area contributed by atoms with E-state index in [1.54, 1.807) is 4.90 Å². The van der Waals surface area contributed by atoms with Crippen LogP contribution < -0.4 is 0 Å². The van der Waals surface area contributed by atoms with Crippen molar-refractivity contribution in [2.45, 2.75) is 72.2 Å². The molecule has 0 saturated carbocycles. The Balaban J connectivity index is 3.34. The Morgan fingerprint density at radius 1 is 1.20 bits per heavy atom. The minimum Gasteiger partial charge on any atom is -0.311 e. The van der Waals surface area contributed by atoms with Crippen LogP contribution in [-0.2, 0) is 4.79 Å². The smallest absolute Gasteiger partial charge is 0.260 e. The normalized spacial score (nSPS) is 21.6. The van der Waals surface area contributed by atoms with E-state index in [4.69, 9.17) is 23.2 Å². The quantitative estimate of drug-likeness (QED) is 0.659. The standard InChI is InChI=1S/C16H27Cl2NO/c1-10(2)19(14(20)13(17)18)12-8-15(4,5)9-16(6,7)11(12)3/h10,13H,8-9H2,1-7H3. The van der Waals surface area contributed by atoms with Crippen molar-refractivity contribution in [3.05, 3.63) is 11.3 Å². The third kappa shape index (κ3) is 3.71. The molecular formula is C16H27Cl2NO. The van der Waals surface area contributed by atoms with E-state index in [2.05, 4.69) is 34.6 Å². The summed E-state index contributed by atoms with van der Waals surface area (Å²) in [6.07, 6.45) is 1.99. The van der Waals surface area contributed by atoms with Gasteiger partial charge in [-0.05, 0) is 50.0 Å². The summed E-state index contributed by atoms with van der Waals surface area (Å²) in [7, 11) is 0. The second-order valence-electron chi connectivity index (χ2n) is 7.58. The molecule has 0 atom stereocenters. The molecule has 0 aromatic heterocycles. The highest BCUT2D eigenvalue weighted by Gasteiger charge is 2.41. The molecule has 2 nitrogen and oxygen atoms in total. The molecule has 1 aliphatic carbocycles. The number of alkyl halides is 2. The molecule has 0 N–H and O–H groups in total. The molecular weight excluding hydrogens is 293 g/mol. The predicted octanol–water partition coefficient (Wildman–Crippen LogP) is 5.15. The summed E-state index contributed by atoms with van der Waals surface area (Å²) in [6, 6.07) is 0.0529. The van der Waals surface area contributed by atoms with Crippen LogP contribution in [0, 0.1) is 10.8 Å². The fraction of sp³-hybridized carbons (Fsp3) is 0.812. The highest BCUT2D eigenvalue weighted by molar-refractivity contribution is 6.53. The highest BCUT2D eigenvalue weighted by Crippen LogP contribution is 2.49. The Labute approximate surface area is 133 Å². The molecule has 0 saturated heterocycles. The van der Waals surface area contributed by atoms with E-state index in [0.29, 0.717) is 0 Å². The van der Waals surface area contributed by atoms with E-state index in [1.807, 2.05) is 13.8 Å². The van der Waals surface area contributed by atoms with Gasteiger partial charge in [0.05, 0.1) is 0 Å². The molecule has 0 aliphatic heterocycles. The minimum atomic E-state index is -1.01. The Bertz CT molecular complexity index is 422. The number of hydrogen-bond donors (Lipinski definition) is 0. The minimum absolute atomic E-state index is 0.0529. The van der Waals surface area contributed by atoms with E-state index in [1.165, 1.54) is 5.57 Å². The van der Waals surface area contributed by atoms with Crippen molar-refractivity contribution >= 4 is 29.1 Å². The molecule has 0 bridgehead atoms. The number of rotatable bonds is 3. The van der Waals surface area contributed by atoms with Crippen LogP contribution in [0.4, 0.5) is 0 Å². The van der Waals surface area contributed by atoms with E-state index in [9.17, 15) is 4.79 Å². The summed E-state index contributed by atoms with van der Waals surface area (Å²) in [6.45, 7) is 15.1. The zero-order chi connectivity index (χ0) is 15.9. The van der Waals surface area contributed by atoms with Gasteiger partial charge in [0.15, 0.2) is 4.84 Å². The molecule has 1 rings (SSSR count). The van der Waals surface area contributed by atoms with Crippen LogP contribution in [0.25, 0.3) is 0 Å². The molecule has 0 fully saturated rings. The number of carbonyl (C=O) groups is 1. The van der Waals surface area contributed by atoms with Gasteiger partial charge in [0, 0.05) is 11.7 Å². The first-order valence-electron chi connectivity index (χ1n) is 7.20. The SMILES string of the molecule is CC1=C(N(C(=O)C(Cl)Cl)C(C)C)CC(C)(C)CC1(C)C. The van der Waals surface area contributed by atoms with Gasteiger partial charge in [0.1, 0.15) is 0 Å². The molecule has 20 heavy (non-hydrogen) atoms. The van der Waals surface area contributed by atoms with E-state index in [0.717, 1.165) is 18.5 Å². The van der Waals surface area contributed by atoms with Crippen LogP contribution in [0.5, 0.6) is 0 Å². The molecule has 0 unspecified atom stereocenters.